The van der Waals surface area contributed by atoms with Gasteiger partial charge in [0.05, 0.1) is 10.9 Å². The average molecular weight is 437 g/mol. The van der Waals surface area contributed by atoms with Gasteiger partial charge in [-0.05, 0) is 48.6 Å². The molecule has 26 heavy (non-hydrogen) atoms. The molecule has 142 valence electrons. The van der Waals surface area contributed by atoms with Crippen molar-refractivity contribution in [2.45, 2.75) is 15.5 Å². The number of nitrogens with one attached hydrogen (secondary N) is 1. The molecule has 0 aliphatic heterocycles. The molecule has 1 aromatic carbocycles. The first-order valence-corrected chi connectivity index (χ1v) is 11.3. The van der Waals surface area contributed by atoms with Crippen LogP contribution in [-0.4, -0.2) is 44.5 Å². The number of amides is 1. The molecule has 0 aliphatic carbocycles. The Bertz CT molecular complexity index is 841. The van der Waals surface area contributed by atoms with Crippen molar-refractivity contribution in [2.24, 2.45) is 0 Å². The molecule has 0 spiro atoms. The van der Waals surface area contributed by atoms with Crippen molar-refractivity contribution in [1.29, 1.82) is 0 Å². The fourth-order valence-electron chi connectivity index (χ4n) is 1.95. The summed E-state index contributed by atoms with van der Waals surface area (Å²) in [6.45, 7) is 0.175. The molecule has 2 rings (SSSR count). The third-order valence-corrected chi connectivity index (χ3v) is 7.91. The van der Waals surface area contributed by atoms with Gasteiger partial charge in [0.15, 0.2) is 0 Å². The zero-order valence-electron chi connectivity index (χ0n) is 13.9. The van der Waals surface area contributed by atoms with Crippen LogP contribution in [0.15, 0.2) is 45.5 Å². The average Bonchev–Trinajstić information content (AvgIpc) is 3.03. The third kappa shape index (κ3) is 6.24. The summed E-state index contributed by atoms with van der Waals surface area (Å²) in [6.07, 6.45) is 0.713. The SMILES string of the molecule is CN(CC(=O)NCCCSc1ccc(F)cc1)S(=O)(=O)c1ccc(Cl)s1. The smallest absolute Gasteiger partial charge is 0.252 e. The number of halogens is 2. The first-order chi connectivity index (χ1) is 12.3. The normalized spacial score (nSPS) is 11.7. The molecule has 2 aromatic rings. The number of hydrogen-bond donors (Lipinski definition) is 1. The maximum absolute atomic E-state index is 12.8. The summed E-state index contributed by atoms with van der Waals surface area (Å²) in [5, 5.41) is 2.70. The van der Waals surface area contributed by atoms with Crippen LogP contribution in [0.4, 0.5) is 4.39 Å². The highest BCUT2D eigenvalue weighted by Gasteiger charge is 2.24. The lowest BCUT2D eigenvalue weighted by Gasteiger charge is -2.15. The molecule has 10 heteroatoms. The van der Waals surface area contributed by atoms with E-state index in [9.17, 15) is 17.6 Å². The van der Waals surface area contributed by atoms with Crippen molar-refractivity contribution >= 4 is 50.6 Å². The molecule has 0 fully saturated rings. The fourth-order valence-corrected chi connectivity index (χ4v) is 5.63. The molecular formula is C16H18ClFN2O3S3. The van der Waals surface area contributed by atoms with Crippen LogP contribution in [0.3, 0.4) is 0 Å². The Morgan fingerprint density at radius 1 is 1.27 bits per heavy atom. The standard InChI is InChI=1S/C16H18ClFN2O3S3/c1-20(26(22,23)16-8-7-14(17)25-16)11-15(21)19-9-2-10-24-13-5-3-12(18)4-6-13/h3-8H,2,9-11H2,1H3,(H,19,21). The van der Waals surface area contributed by atoms with E-state index in [0.717, 1.165) is 26.3 Å². The van der Waals surface area contributed by atoms with Crippen molar-refractivity contribution in [3.8, 4) is 0 Å². The van der Waals surface area contributed by atoms with Crippen molar-refractivity contribution in [3.05, 3.63) is 46.6 Å². The topological polar surface area (TPSA) is 66.5 Å². The number of rotatable bonds is 9. The van der Waals surface area contributed by atoms with Crippen molar-refractivity contribution in [3.63, 3.8) is 0 Å². The summed E-state index contributed by atoms with van der Waals surface area (Å²) >= 11 is 8.28. The molecule has 0 atom stereocenters. The quantitative estimate of drug-likeness (QED) is 0.483. The van der Waals surface area contributed by atoms with Crippen molar-refractivity contribution in [2.75, 3.05) is 25.9 Å². The predicted molar refractivity (Wildman–Crippen MR) is 104 cm³/mol. The summed E-state index contributed by atoms with van der Waals surface area (Å²) in [6, 6.07) is 9.14. The first kappa shape index (κ1) is 21.2. The highest BCUT2D eigenvalue weighted by Crippen LogP contribution is 2.27. The van der Waals surface area contributed by atoms with Crippen LogP contribution < -0.4 is 5.32 Å². The lowest BCUT2D eigenvalue weighted by atomic mass is 10.4. The molecule has 0 saturated heterocycles. The van der Waals surface area contributed by atoms with Crippen LogP contribution in [0.2, 0.25) is 4.34 Å². The summed E-state index contributed by atoms with van der Waals surface area (Å²) in [7, 11) is -2.36. The fraction of sp³-hybridized carbons (Fsp3) is 0.312. The minimum Gasteiger partial charge on any atom is -0.355 e. The number of nitrogens with zero attached hydrogens (tertiary/aromatic N) is 1. The molecule has 0 bridgehead atoms. The van der Waals surface area contributed by atoms with E-state index in [4.69, 9.17) is 11.6 Å². The summed E-state index contributed by atoms with van der Waals surface area (Å²) in [4.78, 5) is 12.9. The molecule has 0 radical (unpaired) electrons. The first-order valence-electron chi connectivity index (χ1n) is 7.66. The highest BCUT2D eigenvalue weighted by atomic mass is 35.5. The van der Waals surface area contributed by atoms with Gasteiger partial charge in [-0.3, -0.25) is 4.79 Å². The monoisotopic (exact) mass is 436 g/mol. The Hall–Kier alpha value is -1.13. The van der Waals surface area contributed by atoms with E-state index < -0.39 is 10.0 Å². The van der Waals surface area contributed by atoms with E-state index in [1.807, 2.05) is 0 Å². The number of benzene rings is 1. The minimum atomic E-state index is -3.72. The molecule has 1 N–H and O–H groups in total. The van der Waals surface area contributed by atoms with E-state index in [2.05, 4.69) is 5.32 Å². The van der Waals surface area contributed by atoms with Gasteiger partial charge in [0.2, 0.25) is 5.91 Å². The molecule has 5 nitrogen and oxygen atoms in total. The van der Waals surface area contributed by atoms with Gasteiger partial charge in [-0.1, -0.05) is 11.6 Å². The number of thiophene rings is 1. The lowest BCUT2D eigenvalue weighted by molar-refractivity contribution is -0.121. The number of sulfonamides is 1. The van der Waals surface area contributed by atoms with Crippen LogP contribution in [-0.2, 0) is 14.8 Å². The third-order valence-electron chi connectivity index (χ3n) is 3.31. The van der Waals surface area contributed by atoms with Gasteiger partial charge >= 0.3 is 0 Å². The van der Waals surface area contributed by atoms with E-state index in [0.29, 0.717) is 17.3 Å². The van der Waals surface area contributed by atoms with Crippen molar-refractivity contribution < 1.29 is 17.6 Å². The number of thioether (sulfide) groups is 1. The van der Waals surface area contributed by atoms with Gasteiger partial charge in [-0.25, -0.2) is 12.8 Å². The Kier molecular flexibility index (Phi) is 7.90. The lowest BCUT2D eigenvalue weighted by Crippen LogP contribution is -2.38. The maximum Gasteiger partial charge on any atom is 0.252 e. The zero-order chi connectivity index (χ0) is 19.2. The van der Waals surface area contributed by atoms with Crippen LogP contribution in [0.25, 0.3) is 0 Å². The molecule has 1 heterocycles. The maximum atomic E-state index is 12.8. The molecular weight excluding hydrogens is 419 g/mol. The van der Waals surface area contributed by atoms with E-state index in [1.54, 1.807) is 23.9 Å². The Morgan fingerprint density at radius 2 is 1.96 bits per heavy atom. The number of carbonyl (C=O) groups excluding carboxylic acids is 1. The van der Waals surface area contributed by atoms with Crippen LogP contribution in [0.1, 0.15) is 6.42 Å². The Morgan fingerprint density at radius 3 is 2.58 bits per heavy atom. The van der Waals surface area contributed by atoms with Gasteiger partial charge < -0.3 is 5.32 Å². The van der Waals surface area contributed by atoms with Gasteiger partial charge in [0, 0.05) is 18.5 Å². The highest BCUT2D eigenvalue weighted by molar-refractivity contribution is 7.99. The van der Waals surface area contributed by atoms with Crippen molar-refractivity contribution in [1.82, 2.24) is 9.62 Å². The molecule has 0 saturated carbocycles. The van der Waals surface area contributed by atoms with Gasteiger partial charge in [-0.2, -0.15) is 4.31 Å². The summed E-state index contributed by atoms with van der Waals surface area (Å²) in [5.74, 6) is 0.115. The number of carbonyl (C=O) groups is 1. The van der Waals surface area contributed by atoms with E-state index >= 15 is 0 Å². The molecule has 0 unspecified atom stereocenters. The Labute approximate surface area is 165 Å². The molecule has 0 aliphatic rings. The molecule has 1 amide bonds. The summed E-state index contributed by atoms with van der Waals surface area (Å²) < 4.78 is 38.9. The van der Waals surface area contributed by atoms with Gasteiger partial charge in [-0.15, -0.1) is 23.1 Å². The predicted octanol–water partition coefficient (Wildman–Crippen LogP) is 3.46. The Balaban J connectivity index is 1.70. The minimum absolute atomic E-state index is 0.105. The van der Waals surface area contributed by atoms with Crippen LogP contribution >= 0.6 is 34.7 Å². The van der Waals surface area contributed by atoms with E-state index in [-0.39, 0.29) is 22.5 Å². The second-order valence-corrected chi connectivity index (χ2v) is 10.5. The van der Waals surface area contributed by atoms with Crippen LogP contribution in [0.5, 0.6) is 0 Å². The second kappa shape index (κ2) is 9.70. The summed E-state index contributed by atoms with van der Waals surface area (Å²) in [5.41, 5.74) is 0. The van der Waals surface area contributed by atoms with Crippen LogP contribution in [0, 0.1) is 5.82 Å². The second-order valence-electron chi connectivity index (χ2n) is 5.33. The number of hydrogen-bond acceptors (Lipinski definition) is 5. The largest absolute Gasteiger partial charge is 0.355 e. The zero-order valence-corrected chi connectivity index (χ0v) is 17.2. The number of likely N-dealkylation sites (N-methyl/N-ethyl adjacent to an activating group) is 1. The van der Waals surface area contributed by atoms with Gasteiger partial charge in [0.25, 0.3) is 10.0 Å². The molecule has 1 aromatic heterocycles. The van der Waals surface area contributed by atoms with E-state index in [1.165, 1.54) is 31.3 Å². The van der Waals surface area contributed by atoms with Gasteiger partial charge in [0.1, 0.15) is 10.0 Å².